The largest absolute Gasteiger partial charge is 0.462 e. The summed E-state index contributed by atoms with van der Waals surface area (Å²) in [5.74, 6) is -2.22. The molecule has 1 aliphatic carbocycles. The Bertz CT molecular complexity index is 1410. The van der Waals surface area contributed by atoms with Crippen molar-refractivity contribution < 1.29 is 18.3 Å². The maximum atomic E-state index is 14.8. The van der Waals surface area contributed by atoms with Crippen molar-refractivity contribution >= 4 is 17.4 Å². The van der Waals surface area contributed by atoms with Gasteiger partial charge in [-0.05, 0) is 51.4 Å². The zero-order valence-corrected chi connectivity index (χ0v) is 24.7. The number of amides is 1. The van der Waals surface area contributed by atoms with Crippen LogP contribution in [0.1, 0.15) is 48.9 Å². The van der Waals surface area contributed by atoms with E-state index in [0.717, 1.165) is 42.9 Å². The predicted molar refractivity (Wildman–Crippen MR) is 159 cm³/mol. The molecule has 1 amide bonds. The summed E-state index contributed by atoms with van der Waals surface area (Å²) in [6, 6.07) is 9.44. The number of aromatic nitrogens is 2. The average molecular weight is 592 g/mol. The normalized spacial score (nSPS) is 25.1. The van der Waals surface area contributed by atoms with Crippen molar-refractivity contribution in [3.8, 4) is 12.1 Å². The Hall–Kier alpha value is -3.78. The topological polar surface area (TPSA) is 88.8 Å². The van der Waals surface area contributed by atoms with Crippen LogP contribution in [0.15, 0.2) is 36.9 Å². The molecule has 3 atom stereocenters. The minimum atomic E-state index is -2.83. The number of rotatable bonds is 7. The minimum absolute atomic E-state index is 0.0229. The van der Waals surface area contributed by atoms with Crippen LogP contribution in [0.5, 0.6) is 6.01 Å². The van der Waals surface area contributed by atoms with Crippen molar-refractivity contribution in [2.45, 2.75) is 69.0 Å². The molecule has 2 saturated heterocycles. The number of piperazine rings is 1. The lowest BCUT2D eigenvalue weighted by atomic mass is 9.88. The van der Waals surface area contributed by atoms with Gasteiger partial charge in [-0.3, -0.25) is 4.79 Å². The highest BCUT2D eigenvalue weighted by Gasteiger charge is 2.42. The molecule has 0 spiro atoms. The second-order valence-electron chi connectivity index (χ2n) is 12.1. The molecule has 1 aromatic carbocycles. The standard InChI is InChI=1S/C32H39F2N7O2/c1-3-29(42)41-18-17-39(20-23(41)12-14-35)30-25-11-10-22(40-16-13-32(33,34)26-8-4-5-9-28(26)40)19-27(25)36-31(37-30)43-21-24-7-6-15-38(24)2/h3-5,8-9,22-24H,1,6-7,10-13,15-21H2,2H3/t22?,23-,24-/m0/s1. The molecule has 1 unspecified atom stereocenters. The van der Waals surface area contributed by atoms with Gasteiger partial charge >= 0.3 is 6.01 Å². The summed E-state index contributed by atoms with van der Waals surface area (Å²) in [6.45, 7) is 6.94. The number of carbonyl (C=O) groups excluding carboxylic acids is 1. The van der Waals surface area contributed by atoms with Crippen LogP contribution in [0.3, 0.4) is 0 Å². The van der Waals surface area contributed by atoms with Gasteiger partial charge in [0.1, 0.15) is 12.4 Å². The first-order valence-electron chi connectivity index (χ1n) is 15.3. The monoisotopic (exact) mass is 591 g/mol. The average Bonchev–Trinajstić information content (AvgIpc) is 3.43. The maximum absolute atomic E-state index is 14.8. The van der Waals surface area contributed by atoms with Gasteiger partial charge in [-0.2, -0.15) is 15.2 Å². The summed E-state index contributed by atoms with van der Waals surface area (Å²) < 4.78 is 35.8. The Kier molecular flexibility index (Phi) is 8.23. The number of hydrogen-bond donors (Lipinski definition) is 0. The van der Waals surface area contributed by atoms with Crippen LogP contribution in [0.4, 0.5) is 20.3 Å². The fraction of sp³-hybridized carbons (Fsp3) is 0.562. The van der Waals surface area contributed by atoms with Crippen molar-refractivity contribution in [1.82, 2.24) is 19.8 Å². The van der Waals surface area contributed by atoms with E-state index in [0.29, 0.717) is 56.8 Å². The van der Waals surface area contributed by atoms with E-state index in [9.17, 15) is 18.8 Å². The smallest absolute Gasteiger partial charge is 0.318 e. The van der Waals surface area contributed by atoms with E-state index < -0.39 is 5.92 Å². The molecule has 228 valence electrons. The van der Waals surface area contributed by atoms with Crippen molar-refractivity contribution in [3.63, 3.8) is 0 Å². The first-order chi connectivity index (χ1) is 20.8. The summed E-state index contributed by atoms with van der Waals surface area (Å²) in [5, 5.41) is 9.50. The van der Waals surface area contributed by atoms with Gasteiger partial charge in [0, 0.05) is 67.9 Å². The van der Waals surface area contributed by atoms with Crippen molar-refractivity contribution in [2.24, 2.45) is 0 Å². The fourth-order valence-electron chi connectivity index (χ4n) is 7.17. The number of nitrogens with zero attached hydrogens (tertiary/aromatic N) is 7. The first kappa shape index (κ1) is 29.3. The number of ether oxygens (including phenoxy) is 1. The lowest BCUT2D eigenvalue weighted by Gasteiger charge is -2.44. The predicted octanol–water partition coefficient (Wildman–Crippen LogP) is 3.93. The van der Waals surface area contributed by atoms with E-state index in [1.54, 1.807) is 23.1 Å². The van der Waals surface area contributed by atoms with E-state index >= 15 is 0 Å². The van der Waals surface area contributed by atoms with Gasteiger partial charge in [0.15, 0.2) is 0 Å². The third-order valence-electron chi connectivity index (χ3n) is 9.57. The lowest BCUT2D eigenvalue weighted by Crippen LogP contribution is -2.55. The Morgan fingerprint density at radius 3 is 2.79 bits per heavy atom. The van der Waals surface area contributed by atoms with E-state index in [-0.39, 0.29) is 42.9 Å². The van der Waals surface area contributed by atoms with Crippen LogP contribution < -0.4 is 14.5 Å². The highest BCUT2D eigenvalue weighted by molar-refractivity contribution is 5.87. The highest BCUT2D eigenvalue weighted by Crippen LogP contribution is 2.44. The molecule has 0 radical (unpaired) electrons. The molecule has 0 N–H and O–H groups in total. The quantitative estimate of drug-likeness (QED) is 0.448. The number of carbonyl (C=O) groups is 1. The third-order valence-corrected chi connectivity index (χ3v) is 9.57. The SMILES string of the molecule is C=CC(=O)N1CCN(c2nc(OC[C@@H]3CCCN3C)nc3c2CCC(N2CCC(F)(F)c4ccccc42)C3)C[C@@H]1CC#N. The molecule has 0 saturated carbocycles. The molecule has 6 rings (SSSR count). The van der Waals surface area contributed by atoms with Crippen molar-refractivity contribution in [3.05, 3.63) is 53.7 Å². The second kappa shape index (κ2) is 12.1. The van der Waals surface area contributed by atoms with Crippen LogP contribution in [0.25, 0.3) is 0 Å². The zero-order valence-electron chi connectivity index (χ0n) is 24.7. The molecule has 11 heteroatoms. The number of benzene rings is 1. The van der Waals surface area contributed by atoms with Crippen LogP contribution in [0, 0.1) is 11.3 Å². The van der Waals surface area contributed by atoms with Crippen molar-refractivity contribution in [1.29, 1.82) is 5.26 Å². The Morgan fingerprint density at radius 2 is 2.02 bits per heavy atom. The summed E-state index contributed by atoms with van der Waals surface area (Å²) in [7, 11) is 2.10. The van der Waals surface area contributed by atoms with Gasteiger partial charge in [-0.15, -0.1) is 0 Å². The molecule has 3 aliphatic heterocycles. The number of para-hydroxylation sites is 1. The van der Waals surface area contributed by atoms with Gasteiger partial charge in [0.05, 0.1) is 24.2 Å². The molecular weight excluding hydrogens is 552 g/mol. The molecular formula is C32H39F2N7O2. The van der Waals surface area contributed by atoms with Crippen LogP contribution >= 0.6 is 0 Å². The van der Waals surface area contributed by atoms with E-state index in [4.69, 9.17) is 14.7 Å². The molecule has 4 heterocycles. The molecule has 2 aromatic rings. The fourth-order valence-corrected chi connectivity index (χ4v) is 7.17. The lowest BCUT2D eigenvalue weighted by molar-refractivity contribution is -0.128. The van der Waals surface area contributed by atoms with Gasteiger partial charge < -0.3 is 24.3 Å². The number of anilines is 2. The summed E-state index contributed by atoms with van der Waals surface area (Å²) in [5.41, 5.74) is 2.61. The zero-order chi connectivity index (χ0) is 30.1. The van der Waals surface area contributed by atoms with Gasteiger partial charge in [0.2, 0.25) is 5.91 Å². The molecule has 0 bridgehead atoms. The molecule has 4 aliphatic rings. The molecule has 43 heavy (non-hydrogen) atoms. The van der Waals surface area contributed by atoms with Gasteiger partial charge in [-0.1, -0.05) is 24.8 Å². The number of fused-ring (bicyclic) bond motifs is 2. The number of hydrogen-bond acceptors (Lipinski definition) is 8. The van der Waals surface area contributed by atoms with Crippen LogP contribution in [-0.2, 0) is 23.6 Å². The third kappa shape index (κ3) is 5.77. The highest BCUT2D eigenvalue weighted by atomic mass is 19.3. The molecule has 1 aromatic heterocycles. The number of alkyl halides is 2. The van der Waals surface area contributed by atoms with Crippen LogP contribution in [-0.4, -0.2) is 90.2 Å². The van der Waals surface area contributed by atoms with E-state index in [1.807, 2.05) is 6.07 Å². The number of nitriles is 1. The Morgan fingerprint density at radius 1 is 1.19 bits per heavy atom. The van der Waals surface area contributed by atoms with Gasteiger partial charge in [-0.25, -0.2) is 8.78 Å². The van der Waals surface area contributed by atoms with E-state index in [1.165, 1.54) is 6.08 Å². The van der Waals surface area contributed by atoms with E-state index in [2.05, 4.69) is 34.4 Å². The minimum Gasteiger partial charge on any atom is -0.462 e. The number of likely N-dealkylation sites (N-methyl/N-ethyl adjacent to an activating group) is 1. The molecule has 2 fully saturated rings. The Labute approximate surface area is 251 Å². The maximum Gasteiger partial charge on any atom is 0.318 e. The summed E-state index contributed by atoms with van der Waals surface area (Å²) in [6.07, 6.45) is 5.57. The van der Waals surface area contributed by atoms with Gasteiger partial charge in [0.25, 0.3) is 5.92 Å². The Balaban J connectivity index is 1.30. The van der Waals surface area contributed by atoms with Crippen molar-refractivity contribution in [2.75, 3.05) is 56.2 Å². The summed E-state index contributed by atoms with van der Waals surface area (Å²) in [4.78, 5) is 30.6. The van der Waals surface area contributed by atoms with Crippen LogP contribution in [0.2, 0.25) is 0 Å². The molecule has 9 nitrogen and oxygen atoms in total. The number of likely N-dealkylation sites (tertiary alicyclic amines) is 1. The summed E-state index contributed by atoms with van der Waals surface area (Å²) >= 11 is 0. The number of halogens is 2. The first-order valence-corrected chi connectivity index (χ1v) is 15.3. The second-order valence-corrected chi connectivity index (χ2v) is 12.1.